The molecule has 0 aromatic carbocycles. The van der Waals surface area contributed by atoms with Crippen LogP contribution < -0.4 is 5.73 Å². The number of hydrogen-bond acceptors (Lipinski definition) is 2. The molecule has 1 aliphatic carbocycles. The van der Waals surface area contributed by atoms with E-state index in [4.69, 9.17) is 10.5 Å². The zero-order chi connectivity index (χ0) is 11.5. The Kier molecular flexibility index (Phi) is 4.26. The second kappa shape index (κ2) is 5.50. The molecule has 16 heavy (non-hydrogen) atoms. The van der Waals surface area contributed by atoms with E-state index in [1.165, 1.54) is 32.1 Å². The van der Waals surface area contributed by atoms with Crippen molar-refractivity contribution in [1.29, 1.82) is 0 Å². The van der Waals surface area contributed by atoms with E-state index in [2.05, 4.69) is 13.8 Å². The molecule has 0 radical (unpaired) electrons. The van der Waals surface area contributed by atoms with Gasteiger partial charge in [0.15, 0.2) is 0 Å². The van der Waals surface area contributed by atoms with E-state index in [9.17, 15) is 0 Å². The minimum atomic E-state index is 0.384. The highest BCUT2D eigenvalue weighted by molar-refractivity contribution is 4.89. The molecule has 1 heterocycles. The maximum absolute atomic E-state index is 6.50. The maximum Gasteiger partial charge on any atom is 0.0616 e. The van der Waals surface area contributed by atoms with E-state index in [1.54, 1.807) is 0 Å². The van der Waals surface area contributed by atoms with Crippen LogP contribution in [0, 0.1) is 17.8 Å². The fourth-order valence-corrected chi connectivity index (χ4v) is 3.71. The molecule has 1 aliphatic heterocycles. The van der Waals surface area contributed by atoms with E-state index in [0.29, 0.717) is 18.1 Å². The van der Waals surface area contributed by atoms with Crippen molar-refractivity contribution in [2.45, 2.75) is 64.5 Å². The lowest BCUT2D eigenvalue weighted by Crippen LogP contribution is -2.42. The summed E-state index contributed by atoms with van der Waals surface area (Å²) >= 11 is 0. The Morgan fingerprint density at radius 1 is 1.31 bits per heavy atom. The summed E-state index contributed by atoms with van der Waals surface area (Å²) in [4.78, 5) is 0. The van der Waals surface area contributed by atoms with Gasteiger partial charge in [0.1, 0.15) is 0 Å². The highest BCUT2D eigenvalue weighted by Gasteiger charge is 2.36. The van der Waals surface area contributed by atoms with E-state index in [1.807, 2.05) is 0 Å². The van der Waals surface area contributed by atoms with Gasteiger partial charge in [0, 0.05) is 18.6 Å². The lowest BCUT2D eigenvalue weighted by Gasteiger charge is -2.35. The summed E-state index contributed by atoms with van der Waals surface area (Å²) in [7, 11) is 0. The summed E-state index contributed by atoms with van der Waals surface area (Å²) in [5.41, 5.74) is 6.50. The third kappa shape index (κ3) is 2.60. The minimum Gasteiger partial charge on any atom is -0.378 e. The van der Waals surface area contributed by atoms with E-state index in [-0.39, 0.29) is 0 Å². The van der Waals surface area contributed by atoms with Gasteiger partial charge in [0.05, 0.1) is 6.10 Å². The first-order chi connectivity index (χ1) is 7.72. The van der Waals surface area contributed by atoms with Crippen LogP contribution >= 0.6 is 0 Å². The van der Waals surface area contributed by atoms with Crippen molar-refractivity contribution in [2.75, 3.05) is 6.61 Å². The van der Waals surface area contributed by atoms with Crippen molar-refractivity contribution < 1.29 is 4.74 Å². The Morgan fingerprint density at radius 3 is 2.81 bits per heavy atom. The molecule has 0 bridgehead atoms. The van der Waals surface area contributed by atoms with Crippen LogP contribution in [0.3, 0.4) is 0 Å². The van der Waals surface area contributed by atoms with Crippen LogP contribution in [0.15, 0.2) is 0 Å². The summed E-state index contributed by atoms with van der Waals surface area (Å²) in [6.07, 6.45) is 8.22. The highest BCUT2D eigenvalue weighted by atomic mass is 16.5. The first-order valence-corrected chi connectivity index (χ1v) is 7.09. The van der Waals surface area contributed by atoms with Gasteiger partial charge in [-0.2, -0.15) is 0 Å². The third-order valence-corrected chi connectivity index (χ3v) is 4.68. The molecule has 0 amide bonds. The topological polar surface area (TPSA) is 35.2 Å². The van der Waals surface area contributed by atoms with Crippen molar-refractivity contribution in [2.24, 2.45) is 23.5 Å². The Bertz CT molecular complexity index is 219. The molecule has 5 unspecified atom stereocenters. The molecular formula is C14H27NO. The second-order valence-electron chi connectivity index (χ2n) is 5.88. The molecule has 1 saturated heterocycles. The average molecular weight is 225 g/mol. The SMILES string of the molecule is CCC1OCCC1C(N)C1CCCC(C)C1. The molecule has 0 aromatic rings. The zero-order valence-corrected chi connectivity index (χ0v) is 10.8. The Hall–Kier alpha value is -0.0800. The molecule has 94 valence electrons. The van der Waals surface area contributed by atoms with Crippen LogP contribution in [0.2, 0.25) is 0 Å². The molecule has 0 spiro atoms. The lowest BCUT2D eigenvalue weighted by atomic mass is 9.73. The van der Waals surface area contributed by atoms with Gasteiger partial charge < -0.3 is 10.5 Å². The Labute approximate surface area is 99.9 Å². The van der Waals surface area contributed by atoms with Gasteiger partial charge in [0.2, 0.25) is 0 Å². The van der Waals surface area contributed by atoms with Crippen LogP contribution in [-0.2, 0) is 4.74 Å². The third-order valence-electron chi connectivity index (χ3n) is 4.68. The molecule has 2 N–H and O–H groups in total. The summed E-state index contributed by atoms with van der Waals surface area (Å²) in [5, 5.41) is 0. The second-order valence-corrected chi connectivity index (χ2v) is 5.88. The fraction of sp³-hybridized carbons (Fsp3) is 1.00. The van der Waals surface area contributed by atoms with Gasteiger partial charge in [-0.1, -0.05) is 26.7 Å². The van der Waals surface area contributed by atoms with Gasteiger partial charge in [-0.3, -0.25) is 0 Å². The first kappa shape index (κ1) is 12.4. The van der Waals surface area contributed by atoms with Crippen LogP contribution in [0.1, 0.15) is 52.4 Å². The Balaban J connectivity index is 1.92. The normalized spacial score (nSPS) is 42.2. The van der Waals surface area contributed by atoms with E-state index < -0.39 is 0 Å². The average Bonchev–Trinajstić information content (AvgIpc) is 2.76. The molecule has 2 aliphatic rings. The molecule has 2 rings (SSSR count). The van der Waals surface area contributed by atoms with Gasteiger partial charge in [-0.25, -0.2) is 0 Å². The van der Waals surface area contributed by atoms with Crippen molar-refractivity contribution >= 4 is 0 Å². The smallest absolute Gasteiger partial charge is 0.0616 e. The lowest BCUT2D eigenvalue weighted by molar-refractivity contribution is 0.0695. The molecule has 2 nitrogen and oxygen atoms in total. The van der Waals surface area contributed by atoms with Crippen LogP contribution in [0.25, 0.3) is 0 Å². The molecular weight excluding hydrogens is 198 g/mol. The first-order valence-electron chi connectivity index (χ1n) is 7.09. The fourth-order valence-electron chi connectivity index (χ4n) is 3.71. The molecule has 1 saturated carbocycles. The summed E-state index contributed by atoms with van der Waals surface area (Å²) in [6, 6.07) is 0.384. The molecule has 2 fully saturated rings. The van der Waals surface area contributed by atoms with Gasteiger partial charge >= 0.3 is 0 Å². The van der Waals surface area contributed by atoms with E-state index >= 15 is 0 Å². The van der Waals surface area contributed by atoms with Gasteiger partial charge in [-0.15, -0.1) is 0 Å². The van der Waals surface area contributed by atoms with Crippen LogP contribution in [0.5, 0.6) is 0 Å². The van der Waals surface area contributed by atoms with Crippen molar-refractivity contribution in [3.63, 3.8) is 0 Å². The molecule has 0 aromatic heterocycles. The zero-order valence-electron chi connectivity index (χ0n) is 10.8. The largest absolute Gasteiger partial charge is 0.378 e. The highest BCUT2D eigenvalue weighted by Crippen LogP contribution is 2.36. The van der Waals surface area contributed by atoms with E-state index in [0.717, 1.165) is 24.9 Å². The Morgan fingerprint density at radius 2 is 2.12 bits per heavy atom. The number of nitrogens with two attached hydrogens (primary N) is 1. The van der Waals surface area contributed by atoms with Crippen molar-refractivity contribution in [3.05, 3.63) is 0 Å². The van der Waals surface area contributed by atoms with Gasteiger partial charge in [-0.05, 0) is 37.5 Å². The molecule has 2 heteroatoms. The van der Waals surface area contributed by atoms with Crippen LogP contribution in [-0.4, -0.2) is 18.8 Å². The summed E-state index contributed by atoms with van der Waals surface area (Å²) in [6.45, 7) is 5.53. The summed E-state index contributed by atoms with van der Waals surface area (Å²) in [5.74, 6) is 2.26. The predicted molar refractivity (Wildman–Crippen MR) is 67.2 cm³/mol. The number of rotatable bonds is 3. The van der Waals surface area contributed by atoms with Gasteiger partial charge in [0.25, 0.3) is 0 Å². The quantitative estimate of drug-likeness (QED) is 0.801. The maximum atomic E-state index is 6.50. The van der Waals surface area contributed by atoms with Crippen LogP contribution in [0.4, 0.5) is 0 Å². The monoisotopic (exact) mass is 225 g/mol. The van der Waals surface area contributed by atoms with Crippen molar-refractivity contribution in [3.8, 4) is 0 Å². The number of ether oxygens (including phenoxy) is 1. The minimum absolute atomic E-state index is 0.384. The summed E-state index contributed by atoms with van der Waals surface area (Å²) < 4.78 is 5.77. The number of hydrogen-bond donors (Lipinski definition) is 1. The predicted octanol–water partition coefficient (Wildman–Crippen LogP) is 2.96. The van der Waals surface area contributed by atoms with Crippen molar-refractivity contribution in [1.82, 2.24) is 0 Å². The standard InChI is InChI=1S/C14H27NO/c1-3-13-12(7-8-16-13)14(15)11-6-4-5-10(2)9-11/h10-14H,3-9,15H2,1-2H3. The molecule has 5 atom stereocenters.